The van der Waals surface area contributed by atoms with Crippen molar-refractivity contribution in [2.75, 3.05) is 34.4 Å². The van der Waals surface area contributed by atoms with Crippen LogP contribution in [0, 0.1) is 0 Å². The fourth-order valence-corrected chi connectivity index (χ4v) is 8.29. The molecule has 0 spiro atoms. The maximum Gasteiger partial charge on any atom is 0.342 e. The van der Waals surface area contributed by atoms with Crippen LogP contribution in [0.2, 0.25) is 25.7 Å². The Morgan fingerprint density at radius 2 is 1.16 bits per heavy atom. The smallest absolute Gasteiger partial charge is 0.342 e. The van der Waals surface area contributed by atoms with Crippen molar-refractivity contribution in [2.45, 2.75) is 47.0 Å². The summed E-state index contributed by atoms with van der Waals surface area (Å²) in [5, 5.41) is 9.74. The minimum atomic E-state index is -1.32. The van der Waals surface area contributed by atoms with Crippen LogP contribution in [0.3, 0.4) is 0 Å². The number of aryl methyl sites for hydroxylation is 2. The van der Waals surface area contributed by atoms with Gasteiger partial charge in [0.05, 0.1) is 41.3 Å². The van der Waals surface area contributed by atoms with Crippen molar-refractivity contribution in [2.24, 2.45) is 14.1 Å². The number of carboxylic acids is 1. The lowest BCUT2D eigenvalue weighted by Crippen LogP contribution is -2.23. The van der Waals surface area contributed by atoms with Gasteiger partial charge in [-0.25, -0.2) is 19.6 Å². The molecule has 12 nitrogen and oxygen atoms in total. The number of fused-ring (bicyclic) bond motifs is 2. The fourth-order valence-electron chi connectivity index (χ4n) is 5.69. The van der Waals surface area contributed by atoms with Gasteiger partial charge >= 0.3 is 11.9 Å². The highest BCUT2D eigenvalue weighted by Gasteiger charge is 2.26. The highest BCUT2D eigenvalue weighted by molar-refractivity contribution is 7.98. The first-order valence-corrected chi connectivity index (χ1v) is 23.5. The van der Waals surface area contributed by atoms with Crippen LogP contribution in [0.15, 0.2) is 95.2 Å². The van der Waals surface area contributed by atoms with E-state index < -0.39 is 14.0 Å². The monoisotopic (exact) mass is 816 g/mol. The van der Waals surface area contributed by atoms with E-state index in [1.54, 1.807) is 49.4 Å². The number of benzene rings is 4. The molecule has 0 fully saturated rings. The van der Waals surface area contributed by atoms with Crippen molar-refractivity contribution in [3.05, 3.63) is 108 Å². The van der Waals surface area contributed by atoms with Crippen molar-refractivity contribution in [1.29, 1.82) is 0 Å². The van der Waals surface area contributed by atoms with Crippen LogP contribution in [0.25, 0.3) is 22.1 Å². The quantitative estimate of drug-likeness (QED) is 0.0408. The SMILES string of the molecule is COCOc1cc2c(ncn2C)c(CSc2ccccc2)c1C(=O)O.COCOc1cc2c(ncn2C)c(CSc2ccccc2)c1C(=O)OCC[Si](C)(C)C. The zero-order valence-corrected chi connectivity index (χ0v) is 35.4. The largest absolute Gasteiger partial charge is 0.478 e. The number of imidazole rings is 2. The third-order valence-electron chi connectivity index (χ3n) is 8.59. The van der Waals surface area contributed by atoms with E-state index in [2.05, 4.69) is 41.7 Å². The molecule has 15 heteroatoms. The molecule has 0 unspecified atom stereocenters. The molecule has 0 amide bonds. The zero-order valence-electron chi connectivity index (χ0n) is 32.7. The molecule has 1 N–H and O–H groups in total. The van der Waals surface area contributed by atoms with Crippen molar-refractivity contribution >= 4 is 65.6 Å². The molecular formula is C41H48N4O8S2Si. The Balaban J connectivity index is 0.000000219. The summed E-state index contributed by atoms with van der Waals surface area (Å²) in [7, 11) is 5.52. The highest BCUT2D eigenvalue weighted by Crippen LogP contribution is 2.37. The molecule has 6 rings (SSSR count). The molecule has 0 aliphatic heterocycles. The number of hydrogen-bond acceptors (Lipinski definition) is 11. The average molecular weight is 817 g/mol. The topological polar surface area (TPSA) is 136 Å². The van der Waals surface area contributed by atoms with Gasteiger partial charge in [-0.15, -0.1) is 23.5 Å². The Morgan fingerprint density at radius 3 is 1.59 bits per heavy atom. The number of hydrogen-bond donors (Lipinski definition) is 1. The van der Waals surface area contributed by atoms with E-state index in [0.29, 0.717) is 40.5 Å². The normalized spacial score (nSPS) is 11.3. The highest BCUT2D eigenvalue weighted by atomic mass is 32.2. The summed E-state index contributed by atoms with van der Waals surface area (Å²) in [5.74, 6) is 0.375. The minimum Gasteiger partial charge on any atom is -0.478 e. The second kappa shape index (κ2) is 19.9. The molecule has 0 aliphatic carbocycles. The summed E-state index contributed by atoms with van der Waals surface area (Å²) in [6.07, 6.45) is 3.43. The van der Waals surface area contributed by atoms with Gasteiger partial charge in [0.15, 0.2) is 13.6 Å². The molecule has 2 aromatic heterocycles. The zero-order chi connectivity index (χ0) is 40.2. The molecule has 0 atom stereocenters. The lowest BCUT2D eigenvalue weighted by Gasteiger charge is -2.18. The van der Waals surface area contributed by atoms with Crippen molar-refractivity contribution < 1.29 is 38.4 Å². The van der Waals surface area contributed by atoms with Gasteiger partial charge in [-0.05, 0) is 30.3 Å². The molecular weight excluding hydrogens is 769 g/mol. The van der Waals surface area contributed by atoms with E-state index in [0.717, 1.165) is 37.9 Å². The number of aromatic carboxylic acids is 1. The average Bonchev–Trinajstić information content (AvgIpc) is 3.75. The molecule has 296 valence electrons. The molecule has 0 radical (unpaired) electrons. The van der Waals surface area contributed by atoms with E-state index in [-0.39, 0.29) is 30.9 Å². The Kier molecular flexibility index (Phi) is 15.0. The van der Waals surface area contributed by atoms with Gasteiger partial charge in [-0.1, -0.05) is 56.0 Å². The third kappa shape index (κ3) is 10.9. The summed E-state index contributed by atoms with van der Waals surface area (Å²) < 4.78 is 30.8. The summed E-state index contributed by atoms with van der Waals surface area (Å²) in [6, 6.07) is 24.4. The molecule has 6 aromatic rings. The molecule has 0 bridgehead atoms. The van der Waals surface area contributed by atoms with Crippen molar-refractivity contribution in [3.8, 4) is 11.5 Å². The van der Waals surface area contributed by atoms with Crippen LogP contribution in [-0.2, 0) is 39.8 Å². The Labute approximate surface area is 336 Å². The summed E-state index contributed by atoms with van der Waals surface area (Å²) in [4.78, 5) is 36.3. The van der Waals surface area contributed by atoms with Crippen LogP contribution in [0.5, 0.6) is 11.5 Å². The molecule has 0 saturated carbocycles. The first-order valence-electron chi connectivity index (χ1n) is 17.8. The number of aromatic nitrogens is 4. The predicted octanol–water partition coefficient (Wildman–Crippen LogP) is 8.89. The molecule has 0 saturated heterocycles. The van der Waals surface area contributed by atoms with Crippen LogP contribution < -0.4 is 9.47 Å². The van der Waals surface area contributed by atoms with E-state index in [1.807, 2.05) is 77.8 Å². The van der Waals surface area contributed by atoms with Crippen LogP contribution >= 0.6 is 23.5 Å². The van der Waals surface area contributed by atoms with E-state index >= 15 is 0 Å². The third-order valence-corrected chi connectivity index (χ3v) is 12.4. The lowest BCUT2D eigenvalue weighted by molar-refractivity contribution is 0.0436. The summed E-state index contributed by atoms with van der Waals surface area (Å²) >= 11 is 3.22. The lowest BCUT2D eigenvalue weighted by atomic mass is 10.1. The van der Waals surface area contributed by atoms with Gasteiger partial charge in [0, 0.05) is 80.9 Å². The van der Waals surface area contributed by atoms with Crippen LogP contribution in [0.4, 0.5) is 0 Å². The first kappa shape index (κ1) is 42.3. The van der Waals surface area contributed by atoms with Gasteiger partial charge in [0.1, 0.15) is 22.6 Å². The Bertz CT molecular complexity index is 2240. The standard InChI is InChI=1S/C23H30N2O4SSi.C18H18N2O4S/c1-25-15-24-22-18(14-30-17-9-7-6-8-10-17)21(20(13-19(22)25)29-16-27-2)23(26)28-11-12-31(3,4)5;1-20-10-19-17-13(9-25-12-6-4-3-5-7-12)16(18(21)22)15(8-14(17)20)24-11-23-2/h6-10,13,15H,11-12,14,16H2,1-5H3;3-8,10H,9,11H2,1-2H3,(H,21,22). The first-order chi connectivity index (χ1) is 26.9. The molecule has 56 heavy (non-hydrogen) atoms. The molecule has 2 heterocycles. The number of carbonyl (C=O) groups is 2. The van der Waals surface area contributed by atoms with E-state index in [1.165, 1.54) is 7.11 Å². The number of ether oxygens (including phenoxy) is 5. The van der Waals surface area contributed by atoms with Gasteiger partial charge in [0.25, 0.3) is 0 Å². The van der Waals surface area contributed by atoms with Crippen LogP contribution in [-0.4, -0.2) is 78.6 Å². The number of carboxylic acid groups (broad SMARTS) is 1. The molecule has 0 aliphatic rings. The number of thioether (sulfide) groups is 2. The van der Waals surface area contributed by atoms with E-state index in [4.69, 9.17) is 23.7 Å². The number of esters is 1. The summed E-state index contributed by atoms with van der Waals surface area (Å²) in [5.41, 5.74) is 5.20. The number of rotatable bonds is 17. The maximum atomic E-state index is 13.2. The fraction of sp³-hybridized carbons (Fsp3) is 0.317. The summed E-state index contributed by atoms with van der Waals surface area (Å²) in [6.45, 7) is 7.21. The number of carbonyl (C=O) groups excluding carboxylic acids is 1. The second-order valence-electron chi connectivity index (χ2n) is 14.0. The number of nitrogens with zero attached hydrogens (tertiary/aromatic N) is 4. The Morgan fingerprint density at radius 1 is 0.714 bits per heavy atom. The number of methoxy groups -OCH3 is 2. The second-order valence-corrected chi connectivity index (χ2v) is 21.7. The van der Waals surface area contributed by atoms with Gasteiger partial charge < -0.3 is 37.9 Å². The van der Waals surface area contributed by atoms with Crippen LogP contribution in [0.1, 0.15) is 31.8 Å². The van der Waals surface area contributed by atoms with E-state index in [9.17, 15) is 14.7 Å². The minimum absolute atomic E-state index is 0.0189. The molecule has 4 aromatic carbocycles. The van der Waals surface area contributed by atoms with Gasteiger partial charge in [0.2, 0.25) is 0 Å². The Hall–Kier alpha value is -4.80. The van der Waals surface area contributed by atoms with Crippen molar-refractivity contribution in [3.63, 3.8) is 0 Å². The van der Waals surface area contributed by atoms with Crippen molar-refractivity contribution in [1.82, 2.24) is 19.1 Å². The predicted molar refractivity (Wildman–Crippen MR) is 224 cm³/mol. The van der Waals surface area contributed by atoms with Gasteiger partial charge in [-0.3, -0.25) is 0 Å². The maximum absolute atomic E-state index is 13.2. The van der Waals surface area contributed by atoms with Gasteiger partial charge in [-0.2, -0.15) is 0 Å².